The SMILES string of the molecule is CCOc1cc(CNC2CCCN(c3ccccc3)C2)cc(Br)c1OCC(=O)N(C)C. The van der Waals surface area contributed by atoms with Gasteiger partial charge in [0, 0.05) is 45.5 Å². The van der Waals surface area contributed by atoms with Crippen LogP contribution in [-0.2, 0) is 11.3 Å². The number of nitrogens with zero attached hydrogens (tertiary/aromatic N) is 2. The Morgan fingerprint density at radius 1 is 1.23 bits per heavy atom. The van der Waals surface area contributed by atoms with Gasteiger partial charge in [0.1, 0.15) is 0 Å². The first-order chi connectivity index (χ1) is 15.0. The predicted octanol–water partition coefficient (Wildman–Crippen LogP) is 4.07. The summed E-state index contributed by atoms with van der Waals surface area (Å²) in [4.78, 5) is 15.9. The zero-order valence-electron chi connectivity index (χ0n) is 18.6. The van der Waals surface area contributed by atoms with E-state index in [2.05, 4.69) is 56.5 Å². The summed E-state index contributed by atoms with van der Waals surface area (Å²) in [6.07, 6.45) is 2.34. The summed E-state index contributed by atoms with van der Waals surface area (Å²) in [5.74, 6) is 1.11. The minimum Gasteiger partial charge on any atom is -0.490 e. The van der Waals surface area contributed by atoms with Gasteiger partial charge in [-0.15, -0.1) is 0 Å². The Labute approximate surface area is 193 Å². The fourth-order valence-corrected chi connectivity index (χ4v) is 4.27. The highest BCUT2D eigenvalue weighted by Gasteiger charge is 2.20. The van der Waals surface area contributed by atoms with Crippen molar-refractivity contribution in [3.05, 3.63) is 52.5 Å². The average Bonchev–Trinajstić information content (AvgIpc) is 2.78. The fourth-order valence-electron chi connectivity index (χ4n) is 3.67. The zero-order valence-corrected chi connectivity index (χ0v) is 20.2. The smallest absolute Gasteiger partial charge is 0.259 e. The van der Waals surface area contributed by atoms with Crippen LogP contribution >= 0.6 is 15.9 Å². The fraction of sp³-hybridized carbons (Fsp3) is 0.458. The van der Waals surface area contributed by atoms with Crippen LogP contribution in [0.2, 0.25) is 0 Å². The summed E-state index contributed by atoms with van der Waals surface area (Å²) in [7, 11) is 3.42. The van der Waals surface area contributed by atoms with Crippen molar-refractivity contribution in [3.8, 4) is 11.5 Å². The summed E-state index contributed by atoms with van der Waals surface area (Å²) in [5.41, 5.74) is 2.39. The van der Waals surface area contributed by atoms with Crippen LogP contribution in [0.3, 0.4) is 0 Å². The molecule has 0 saturated carbocycles. The number of amides is 1. The lowest BCUT2D eigenvalue weighted by atomic mass is 10.0. The number of anilines is 1. The monoisotopic (exact) mass is 489 g/mol. The van der Waals surface area contributed by atoms with Crippen molar-refractivity contribution >= 4 is 27.5 Å². The van der Waals surface area contributed by atoms with Gasteiger partial charge in [0.05, 0.1) is 11.1 Å². The van der Waals surface area contributed by atoms with Crippen molar-refractivity contribution in [1.82, 2.24) is 10.2 Å². The molecule has 3 rings (SSSR count). The molecule has 1 amide bonds. The van der Waals surface area contributed by atoms with Gasteiger partial charge in [-0.2, -0.15) is 0 Å². The molecule has 0 spiro atoms. The number of carbonyl (C=O) groups is 1. The van der Waals surface area contributed by atoms with E-state index < -0.39 is 0 Å². The topological polar surface area (TPSA) is 54.0 Å². The summed E-state index contributed by atoms with van der Waals surface area (Å²) in [6, 6.07) is 15.0. The van der Waals surface area contributed by atoms with Gasteiger partial charge in [-0.1, -0.05) is 18.2 Å². The van der Waals surface area contributed by atoms with E-state index in [1.165, 1.54) is 17.0 Å². The van der Waals surface area contributed by atoms with E-state index in [0.29, 0.717) is 24.1 Å². The summed E-state index contributed by atoms with van der Waals surface area (Å²) in [5, 5.41) is 3.70. The highest BCUT2D eigenvalue weighted by Crippen LogP contribution is 2.37. The molecule has 1 heterocycles. The van der Waals surface area contributed by atoms with Gasteiger partial charge < -0.3 is 24.6 Å². The third-order valence-corrected chi connectivity index (χ3v) is 5.93. The lowest BCUT2D eigenvalue weighted by molar-refractivity contribution is -0.130. The van der Waals surface area contributed by atoms with E-state index in [1.54, 1.807) is 14.1 Å². The molecule has 1 atom stereocenters. The lowest BCUT2D eigenvalue weighted by Crippen LogP contribution is -2.45. The lowest BCUT2D eigenvalue weighted by Gasteiger charge is -2.35. The van der Waals surface area contributed by atoms with Gasteiger partial charge in [0.25, 0.3) is 5.91 Å². The standard InChI is InChI=1S/C24H32BrN3O3/c1-4-30-22-14-18(13-21(25)24(22)31-17-23(29)27(2)3)15-26-19-9-8-12-28(16-19)20-10-6-5-7-11-20/h5-7,10-11,13-14,19,26H,4,8-9,12,15-17H2,1-3H3. The van der Waals surface area contributed by atoms with E-state index in [0.717, 1.165) is 36.1 Å². The molecular formula is C24H32BrN3O3. The van der Waals surface area contributed by atoms with Gasteiger partial charge in [0.15, 0.2) is 18.1 Å². The molecule has 31 heavy (non-hydrogen) atoms. The van der Waals surface area contributed by atoms with Gasteiger partial charge in [-0.05, 0) is 65.5 Å². The number of carbonyl (C=O) groups excluding carboxylic acids is 1. The quantitative estimate of drug-likeness (QED) is 0.575. The minimum absolute atomic E-state index is 0.0271. The molecule has 0 radical (unpaired) electrons. The van der Waals surface area contributed by atoms with Crippen molar-refractivity contribution in [1.29, 1.82) is 0 Å². The molecule has 0 aliphatic carbocycles. The average molecular weight is 490 g/mol. The first-order valence-corrected chi connectivity index (χ1v) is 11.6. The van der Waals surface area contributed by atoms with Gasteiger partial charge >= 0.3 is 0 Å². The minimum atomic E-state index is -0.0969. The number of benzene rings is 2. The number of hydrogen-bond acceptors (Lipinski definition) is 5. The molecule has 1 aliphatic heterocycles. The van der Waals surface area contributed by atoms with E-state index in [9.17, 15) is 4.79 Å². The Bertz CT molecular complexity index is 861. The maximum absolute atomic E-state index is 11.9. The van der Waals surface area contributed by atoms with Crippen molar-refractivity contribution in [2.75, 3.05) is 45.3 Å². The third-order valence-electron chi connectivity index (χ3n) is 5.35. The van der Waals surface area contributed by atoms with Crippen LogP contribution in [-0.4, -0.2) is 57.2 Å². The van der Waals surface area contributed by atoms with E-state index in [1.807, 2.05) is 19.1 Å². The number of rotatable bonds is 9. The van der Waals surface area contributed by atoms with Crippen LogP contribution in [0.4, 0.5) is 5.69 Å². The molecule has 2 aromatic carbocycles. The molecule has 1 fully saturated rings. The Morgan fingerprint density at radius 3 is 2.71 bits per heavy atom. The van der Waals surface area contributed by atoms with Gasteiger partial charge in [-0.3, -0.25) is 4.79 Å². The number of nitrogens with one attached hydrogen (secondary N) is 1. The van der Waals surface area contributed by atoms with Crippen molar-refractivity contribution < 1.29 is 14.3 Å². The molecule has 6 nitrogen and oxygen atoms in total. The van der Waals surface area contributed by atoms with E-state index in [4.69, 9.17) is 9.47 Å². The molecule has 1 unspecified atom stereocenters. The number of ether oxygens (including phenoxy) is 2. The summed E-state index contributed by atoms with van der Waals surface area (Å²) in [6.45, 7) is 5.27. The number of para-hydroxylation sites is 1. The predicted molar refractivity (Wildman–Crippen MR) is 128 cm³/mol. The summed E-state index contributed by atoms with van der Waals surface area (Å²) >= 11 is 3.60. The molecule has 2 aromatic rings. The van der Waals surface area contributed by atoms with Crippen LogP contribution in [0.1, 0.15) is 25.3 Å². The van der Waals surface area contributed by atoms with Crippen LogP contribution < -0.4 is 19.7 Å². The Hall–Kier alpha value is -2.25. The van der Waals surface area contributed by atoms with Crippen molar-refractivity contribution in [2.24, 2.45) is 0 Å². The maximum atomic E-state index is 11.9. The summed E-state index contributed by atoms with van der Waals surface area (Å²) < 4.78 is 12.4. The highest BCUT2D eigenvalue weighted by atomic mass is 79.9. The molecule has 0 bridgehead atoms. The highest BCUT2D eigenvalue weighted by molar-refractivity contribution is 9.10. The molecule has 7 heteroatoms. The second kappa shape index (κ2) is 11.4. The number of hydrogen-bond donors (Lipinski definition) is 1. The van der Waals surface area contributed by atoms with Crippen molar-refractivity contribution in [3.63, 3.8) is 0 Å². The second-order valence-electron chi connectivity index (χ2n) is 7.92. The molecule has 1 N–H and O–H groups in total. The normalized spacial score (nSPS) is 16.1. The zero-order chi connectivity index (χ0) is 22.2. The molecule has 0 aromatic heterocycles. The van der Waals surface area contributed by atoms with Gasteiger partial charge in [0.2, 0.25) is 0 Å². The number of halogens is 1. The van der Waals surface area contributed by atoms with Crippen LogP contribution in [0, 0.1) is 0 Å². The molecule has 168 valence electrons. The van der Waals surface area contributed by atoms with Crippen LogP contribution in [0.25, 0.3) is 0 Å². The van der Waals surface area contributed by atoms with Crippen LogP contribution in [0.5, 0.6) is 11.5 Å². The van der Waals surface area contributed by atoms with Crippen LogP contribution in [0.15, 0.2) is 46.9 Å². The van der Waals surface area contributed by atoms with E-state index in [-0.39, 0.29) is 12.5 Å². The first kappa shape index (κ1) is 23.4. The van der Waals surface area contributed by atoms with E-state index >= 15 is 0 Å². The Balaban J connectivity index is 1.63. The molecule has 1 aliphatic rings. The van der Waals surface area contributed by atoms with Gasteiger partial charge in [-0.25, -0.2) is 0 Å². The maximum Gasteiger partial charge on any atom is 0.259 e. The number of likely N-dealkylation sites (N-methyl/N-ethyl adjacent to an activating group) is 1. The molecular weight excluding hydrogens is 458 g/mol. The number of piperidine rings is 1. The second-order valence-corrected chi connectivity index (χ2v) is 8.77. The Kier molecular flexibility index (Phi) is 8.60. The Morgan fingerprint density at radius 2 is 2.00 bits per heavy atom. The van der Waals surface area contributed by atoms with Crippen molar-refractivity contribution in [2.45, 2.75) is 32.4 Å². The largest absolute Gasteiger partial charge is 0.490 e. The third kappa shape index (κ3) is 6.61. The first-order valence-electron chi connectivity index (χ1n) is 10.8. The molecule has 1 saturated heterocycles.